The molecule has 0 aliphatic rings. The average molecular weight is 502 g/mol. The van der Waals surface area contributed by atoms with Gasteiger partial charge in [-0.3, -0.25) is 4.57 Å². The fourth-order valence-corrected chi connectivity index (χ4v) is 4.61. The molecule has 4 heteroatoms. The van der Waals surface area contributed by atoms with Crippen molar-refractivity contribution in [3.05, 3.63) is 126 Å². The maximum Gasteiger partial charge on any atom is 0.169 e. The second kappa shape index (κ2) is 8.73. The molecule has 0 bridgehead atoms. The first-order valence-electron chi connectivity index (χ1n) is 11.1. The van der Waals surface area contributed by atoms with Crippen molar-refractivity contribution in [3.63, 3.8) is 0 Å². The van der Waals surface area contributed by atoms with Gasteiger partial charge in [0.05, 0.1) is 0 Å². The topological polar surface area (TPSA) is 30.7 Å². The molecule has 0 spiro atoms. The van der Waals surface area contributed by atoms with E-state index in [2.05, 4.69) is 129 Å². The fraction of sp³-hybridized carbons (Fsp3) is 0. The smallest absolute Gasteiger partial charge is 0.169 e. The molecule has 0 aliphatic carbocycles. The molecule has 34 heavy (non-hydrogen) atoms. The molecule has 0 saturated heterocycles. The minimum Gasteiger partial charge on any atom is -0.275 e. The fourth-order valence-electron chi connectivity index (χ4n) is 4.34. The molecule has 0 fully saturated rings. The van der Waals surface area contributed by atoms with Gasteiger partial charge in [-0.25, -0.2) is 0 Å². The highest BCUT2D eigenvalue weighted by Crippen LogP contribution is 2.33. The molecule has 3 nitrogen and oxygen atoms in total. The summed E-state index contributed by atoms with van der Waals surface area (Å²) in [7, 11) is 0. The Bertz CT molecular complexity index is 1580. The molecule has 1 heterocycles. The van der Waals surface area contributed by atoms with E-state index in [1.807, 2.05) is 18.2 Å². The van der Waals surface area contributed by atoms with Gasteiger partial charge in [0, 0.05) is 21.3 Å². The molecule has 162 valence electrons. The van der Waals surface area contributed by atoms with Crippen LogP contribution in [0.2, 0.25) is 0 Å². The summed E-state index contributed by atoms with van der Waals surface area (Å²) in [6.45, 7) is 0. The van der Waals surface area contributed by atoms with E-state index in [1.165, 1.54) is 16.5 Å². The van der Waals surface area contributed by atoms with Gasteiger partial charge in [0.2, 0.25) is 0 Å². The third-order valence-corrected chi connectivity index (χ3v) is 6.56. The molecule has 1 aromatic heterocycles. The number of rotatable bonds is 4. The van der Waals surface area contributed by atoms with Crippen LogP contribution in [0.3, 0.4) is 0 Å². The molecule has 0 radical (unpaired) electrons. The maximum atomic E-state index is 4.69. The van der Waals surface area contributed by atoms with Crippen LogP contribution in [0.1, 0.15) is 0 Å². The summed E-state index contributed by atoms with van der Waals surface area (Å²) >= 11 is 3.54. The van der Waals surface area contributed by atoms with Gasteiger partial charge in [0.1, 0.15) is 0 Å². The van der Waals surface area contributed by atoms with Crippen LogP contribution in [0.25, 0.3) is 50.4 Å². The summed E-state index contributed by atoms with van der Waals surface area (Å²) in [5, 5.41) is 11.7. The van der Waals surface area contributed by atoms with Crippen LogP contribution >= 0.6 is 15.9 Å². The Morgan fingerprint density at radius 2 is 1.12 bits per heavy atom. The number of benzene rings is 5. The van der Waals surface area contributed by atoms with Crippen LogP contribution in [0.4, 0.5) is 0 Å². The normalized spacial score (nSPS) is 11.1. The Hall–Kier alpha value is -4.02. The number of fused-ring (bicyclic) bond motifs is 1. The Morgan fingerprint density at radius 1 is 0.500 bits per heavy atom. The summed E-state index contributed by atoms with van der Waals surface area (Å²) in [5.41, 5.74) is 5.45. The van der Waals surface area contributed by atoms with Crippen LogP contribution in [0.15, 0.2) is 126 Å². The van der Waals surface area contributed by atoms with Gasteiger partial charge in [0.15, 0.2) is 11.6 Å². The van der Waals surface area contributed by atoms with Crippen LogP contribution < -0.4 is 0 Å². The van der Waals surface area contributed by atoms with Crippen molar-refractivity contribution in [3.8, 4) is 39.6 Å². The Kier molecular flexibility index (Phi) is 5.28. The Balaban J connectivity index is 1.56. The lowest BCUT2D eigenvalue weighted by Crippen LogP contribution is -2.01. The lowest BCUT2D eigenvalue weighted by Gasteiger charge is -2.13. The van der Waals surface area contributed by atoms with E-state index in [9.17, 15) is 0 Å². The van der Waals surface area contributed by atoms with E-state index >= 15 is 0 Å². The van der Waals surface area contributed by atoms with Gasteiger partial charge in [-0.1, -0.05) is 113 Å². The SMILES string of the molecule is Brc1ccc(-c2nnc(-c3cccc4ccccc34)n2-c2ccc(-c3ccccc3)cc2)cc1. The lowest BCUT2D eigenvalue weighted by atomic mass is 10.0. The van der Waals surface area contributed by atoms with Gasteiger partial charge >= 0.3 is 0 Å². The van der Waals surface area contributed by atoms with Gasteiger partial charge < -0.3 is 0 Å². The van der Waals surface area contributed by atoms with Crippen LogP contribution in [-0.4, -0.2) is 14.8 Å². The molecular weight excluding hydrogens is 482 g/mol. The van der Waals surface area contributed by atoms with E-state index in [0.29, 0.717) is 0 Å². The van der Waals surface area contributed by atoms with Crippen molar-refractivity contribution in [1.29, 1.82) is 0 Å². The van der Waals surface area contributed by atoms with Gasteiger partial charge in [-0.2, -0.15) is 0 Å². The van der Waals surface area contributed by atoms with Gasteiger partial charge in [-0.05, 0) is 46.2 Å². The molecular formula is C30H20BrN3. The standard InChI is InChI=1S/C30H20BrN3/c31-25-17-13-24(14-18-25)29-32-33-30(28-12-6-10-23-9-4-5-11-27(23)28)34(29)26-19-15-22(16-20-26)21-7-2-1-3-8-21/h1-20H. The highest BCUT2D eigenvalue weighted by atomic mass is 79.9. The zero-order valence-electron chi connectivity index (χ0n) is 18.3. The minimum absolute atomic E-state index is 0.808. The molecule has 6 aromatic rings. The second-order valence-corrected chi connectivity index (χ2v) is 9.04. The summed E-state index contributed by atoms with van der Waals surface area (Å²) < 4.78 is 3.18. The molecule has 0 unspecified atom stereocenters. The summed E-state index contributed by atoms with van der Waals surface area (Å²) in [6.07, 6.45) is 0. The quantitative estimate of drug-likeness (QED) is 0.243. The number of hydrogen-bond donors (Lipinski definition) is 0. The van der Waals surface area contributed by atoms with E-state index in [-0.39, 0.29) is 0 Å². The summed E-state index contributed by atoms with van der Waals surface area (Å²) in [4.78, 5) is 0. The van der Waals surface area contributed by atoms with Crippen LogP contribution in [0.5, 0.6) is 0 Å². The zero-order chi connectivity index (χ0) is 22.9. The Labute approximate surface area is 206 Å². The minimum atomic E-state index is 0.808. The van der Waals surface area contributed by atoms with Crippen LogP contribution in [-0.2, 0) is 0 Å². The second-order valence-electron chi connectivity index (χ2n) is 8.13. The molecule has 0 amide bonds. The van der Waals surface area contributed by atoms with E-state index in [4.69, 9.17) is 5.10 Å². The zero-order valence-corrected chi connectivity index (χ0v) is 19.9. The van der Waals surface area contributed by atoms with Crippen LogP contribution in [0, 0.1) is 0 Å². The van der Waals surface area contributed by atoms with E-state index in [0.717, 1.165) is 38.3 Å². The predicted octanol–water partition coefficient (Wildman–Crippen LogP) is 8.18. The van der Waals surface area contributed by atoms with Crippen molar-refractivity contribution < 1.29 is 0 Å². The van der Waals surface area contributed by atoms with Crippen molar-refractivity contribution in [2.24, 2.45) is 0 Å². The Morgan fingerprint density at radius 3 is 1.91 bits per heavy atom. The highest BCUT2D eigenvalue weighted by molar-refractivity contribution is 9.10. The molecule has 0 aliphatic heterocycles. The number of aromatic nitrogens is 3. The molecule has 6 rings (SSSR count). The van der Waals surface area contributed by atoms with Gasteiger partial charge in [-0.15, -0.1) is 10.2 Å². The molecule has 0 atom stereocenters. The highest BCUT2D eigenvalue weighted by Gasteiger charge is 2.19. The average Bonchev–Trinajstić information content (AvgIpc) is 3.34. The third kappa shape index (κ3) is 3.72. The summed E-state index contributed by atoms with van der Waals surface area (Å²) in [5.74, 6) is 1.63. The number of hydrogen-bond acceptors (Lipinski definition) is 2. The predicted molar refractivity (Wildman–Crippen MR) is 143 cm³/mol. The monoisotopic (exact) mass is 501 g/mol. The largest absolute Gasteiger partial charge is 0.275 e. The van der Waals surface area contributed by atoms with Gasteiger partial charge in [0.25, 0.3) is 0 Å². The molecule has 5 aromatic carbocycles. The summed E-state index contributed by atoms with van der Waals surface area (Å²) in [6, 6.07) is 41.9. The van der Waals surface area contributed by atoms with Crippen molar-refractivity contribution in [2.45, 2.75) is 0 Å². The first-order valence-corrected chi connectivity index (χ1v) is 11.9. The third-order valence-electron chi connectivity index (χ3n) is 6.03. The van der Waals surface area contributed by atoms with E-state index in [1.54, 1.807) is 0 Å². The number of nitrogens with zero attached hydrogens (tertiary/aromatic N) is 3. The first-order chi connectivity index (χ1) is 16.8. The lowest BCUT2D eigenvalue weighted by molar-refractivity contribution is 1.07. The van der Waals surface area contributed by atoms with Crippen molar-refractivity contribution >= 4 is 26.7 Å². The van der Waals surface area contributed by atoms with Crippen molar-refractivity contribution in [1.82, 2.24) is 14.8 Å². The molecule has 0 saturated carbocycles. The number of halogens is 1. The maximum absolute atomic E-state index is 4.69. The van der Waals surface area contributed by atoms with Crippen molar-refractivity contribution in [2.75, 3.05) is 0 Å². The molecule has 0 N–H and O–H groups in total. The first kappa shape index (κ1) is 20.6. The van der Waals surface area contributed by atoms with E-state index < -0.39 is 0 Å².